The Morgan fingerprint density at radius 2 is 2.04 bits per heavy atom. The molecule has 0 spiro atoms. The van der Waals surface area contributed by atoms with Crippen molar-refractivity contribution in [2.75, 3.05) is 44.8 Å². The highest BCUT2D eigenvalue weighted by Gasteiger charge is 2.24. The number of anilines is 1. The predicted molar refractivity (Wildman–Crippen MR) is 94.4 cm³/mol. The molecule has 3 rings (SSSR count). The van der Waals surface area contributed by atoms with E-state index in [4.69, 9.17) is 9.47 Å². The maximum Gasteiger partial charge on any atom is 0.254 e. The van der Waals surface area contributed by atoms with Gasteiger partial charge in [-0.2, -0.15) is 0 Å². The summed E-state index contributed by atoms with van der Waals surface area (Å²) in [6, 6.07) is 5.34. The number of methoxy groups -OCH3 is 1. The lowest BCUT2D eigenvalue weighted by molar-refractivity contribution is 0.0746. The minimum atomic E-state index is 0.0233. The first-order valence-electron chi connectivity index (χ1n) is 7.97. The number of hydrogen-bond donors (Lipinski definition) is 0. The first-order chi connectivity index (χ1) is 11.7. The average molecular weight is 347 g/mol. The molecule has 1 aromatic carbocycles. The molecule has 0 unspecified atom stereocenters. The van der Waals surface area contributed by atoms with Crippen molar-refractivity contribution >= 4 is 22.4 Å². The normalized spacial score (nSPS) is 14.6. The Hall–Kier alpha value is -2.28. The van der Waals surface area contributed by atoms with Gasteiger partial charge >= 0.3 is 0 Å². The van der Waals surface area contributed by atoms with Gasteiger partial charge in [0.05, 0.1) is 13.7 Å². The van der Waals surface area contributed by atoms with Crippen molar-refractivity contribution in [2.45, 2.75) is 6.92 Å². The number of thiazole rings is 1. The van der Waals surface area contributed by atoms with Gasteiger partial charge in [-0.3, -0.25) is 4.79 Å². The fraction of sp³-hybridized carbons (Fsp3) is 0.412. The zero-order valence-electron chi connectivity index (χ0n) is 13.9. The number of ether oxygens (including phenoxy) is 2. The van der Waals surface area contributed by atoms with Crippen LogP contribution in [0, 0.1) is 0 Å². The SMILES string of the molecule is CCOc1ccc(C(=O)N2CCN(c3nccs3)CC2)cc1OC. The predicted octanol–water partition coefficient (Wildman–Crippen LogP) is 2.51. The van der Waals surface area contributed by atoms with Crippen molar-refractivity contribution in [3.8, 4) is 11.5 Å². The molecule has 1 fully saturated rings. The van der Waals surface area contributed by atoms with Crippen LogP contribution in [0.5, 0.6) is 11.5 Å². The van der Waals surface area contributed by atoms with E-state index in [1.54, 1.807) is 36.6 Å². The Kier molecular flexibility index (Phi) is 5.20. The largest absolute Gasteiger partial charge is 0.493 e. The molecule has 0 atom stereocenters. The Labute approximate surface area is 145 Å². The van der Waals surface area contributed by atoms with Crippen LogP contribution in [0.2, 0.25) is 0 Å². The van der Waals surface area contributed by atoms with Gasteiger partial charge in [-0.05, 0) is 25.1 Å². The molecule has 0 radical (unpaired) electrons. The van der Waals surface area contributed by atoms with E-state index < -0.39 is 0 Å². The molecule has 0 bridgehead atoms. The molecule has 6 nitrogen and oxygen atoms in total. The number of amides is 1. The highest BCUT2D eigenvalue weighted by molar-refractivity contribution is 7.13. The van der Waals surface area contributed by atoms with Crippen molar-refractivity contribution in [1.82, 2.24) is 9.88 Å². The molecule has 24 heavy (non-hydrogen) atoms. The summed E-state index contributed by atoms with van der Waals surface area (Å²) in [6.45, 7) is 5.45. The standard InChI is InChI=1S/C17H21N3O3S/c1-3-23-14-5-4-13(12-15(14)22-2)16(21)19-7-9-20(10-8-19)17-18-6-11-24-17/h4-6,11-12H,3,7-10H2,1-2H3. The topological polar surface area (TPSA) is 54.9 Å². The molecule has 1 saturated heterocycles. The van der Waals surface area contributed by atoms with E-state index in [1.165, 1.54) is 0 Å². The molecule has 2 heterocycles. The maximum atomic E-state index is 12.7. The second kappa shape index (κ2) is 7.53. The van der Waals surface area contributed by atoms with Gasteiger partial charge < -0.3 is 19.3 Å². The summed E-state index contributed by atoms with van der Waals surface area (Å²) < 4.78 is 10.8. The smallest absolute Gasteiger partial charge is 0.254 e. The van der Waals surface area contributed by atoms with Crippen LogP contribution in [-0.4, -0.2) is 55.7 Å². The molecule has 2 aromatic rings. The van der Waals surface area contributed by atoms with Crippen molar-refractivity contribution in [3.05, 3.63) is 35.3 Å². The van der Waals surface area contributed by atoms with E-state index in [0.717, 1.165) is 18.2 Å². The molecule has 0 aliphatic carbocycles. The summed E-state index contributed by atoms with van der Waals surface area (Å²) >= 11 is 1.63. The lowest BCUT2D eigenvalue weighted by Gasteiger charge is -2.34. The molecule has 1 aliphatic rings. The molecule has 1 amide bonds. The van der Waals surface area contributed by atoms with Crippen LogP contribution >= 0.6 is 11.3 Å². The zero-order valence-corrected chi connectivity index (χ0v) is 14.7. The number of aromatic nitrogens is 1. The van der Waals surface area contributed by atoms with Crippen molar-refractivity contribution in [1.29, 1.82) is 0 Å². The molecule has 0 saturated carbocycles. The summed E-state index contributed by atoms with van der Waals surface area (Å²) in [5.74, 6) is 1.27. The van der Waals surface area contributed by atoms with Crippen molar-refractivity contribution in [3.63, 3.8) is 0 Å². The van der Waals surface area contributed by atoms with Crippen LogP contribution in [0.3, 0.4) is 0 Å². The summed E-state index contributed by atoms with van der Waals surface area (Å²) in [4.78, 5) is 21.1. The van der Waals surface area contributed by atoms with E-state index in [9.17, 15) is 4.79 Å². The summed E-state index contributed by atoms with van der Waals surface area (Å²) in [7, 11) is 1.58. The van der Waals surface area contributed by atoms with Gasteiger partial charge in [-0.1, -0.05) is 0 Å². The van der Waals surface area contributed by atoms with Crippen LogP contribution in [-0.2, 0) is 0 Å². The first-order valence-corrected chi connectivity index (χ1v) is 8.85. The summed E-state index contributed by atoms with van der Waals surface area (Å²) in [5.41, 5.74) is 0.623. The third-order valence-corrected chi connectivity index (χ3v) is 4.80. The number of carbonyl (C=O) groups excluding carboxylic acids is 1. The van der Waals surface area contributed by atoms with Gasteiger partial charge in [0.1, 0.15) is 0 Å². The molecule has 0 N–H and O–H groups in total. The molecule has 1 aromatic heterocycles. The Morgan fingerprint density at radius 3 is 2.67 bits per heavy atom. The van der Waals surface area contributed by atoms with Crippen molar-refractivity contribution in [2.24, 2.45) is 0 Å². The Bertz CT molecular complexity index is 682. The Morgan fingerprint density at radius 1 is 1.25 bits per heavy atom. The monoisotopic (exact) mass is 347 g/mol. The number of rotatable bonds is 5. The van der Waals surface area contributed by atoms with E-state index in [-0.39, 0.29) is 5.91 Å². The number of benzene rings is 1. The van der Waals surface area contributed by atoms with Gasteiger partial charge in [0, 0.05) is 43.3 Å². The lowest BCUT2D eigenvalue weighted by atomic mass is 10.1. The van der Waals surface area contributed by atoms with Crippen LogP contribution in [0.1, 0.15) is 17.3 Å². The zero-order chi connectivity index (χ0) is 16.9. The van der Waals surface area contributed by atoms with Gasteiger partial charge in [0.25, 0.3) is 5.91 Å². The van der Waals surface area contributed by atoms with E-state index >= 15 is 0 Å². The van der Waals surface area contributed by atoms with Crippen LogP contribution < -0.4 is 14.4 Å². The molecular formula is C17H21N3O3S. The quantitative estimate of drug-likeness (QED) is 0.832. The Balaban J connectivity index is 1.67. The van der Waals surface area contributed by atoms with Gasteiger partial charge in [-0.15, -0.1) is 11.3 Å². The van der Waals surface area contributed by atoms with Gasteiger partial charge in [0.2, 0.25) is 0 Å². The van der Waals surface area contributed by atoms with Crippen LogP contribution in [0.4, 0.5) is 5.13 Å². The highest BCUT2D eigenvalue weighted by Crippen LogP contribution is 2.29. The third-order valence-electron chi connectivity index (χ3n) is 3.97. The summed E-state index contributed by atoms with van der Waals surface area (Å²) in [6.07, 6.45) is 1.81. The van der Waals surface area contributed by atoms with E-state index in [2.05, 4.69) is 9.88 Å². The molecule has 7 heteroatoms. The second-order valence-corrected chi connectivity index (χ2v) is 6.27. The summed E-state index contributed by atoms with van der Waals surface area (Å²) in [5, 5.41) is 2.99. The van der Waals surface area contributed by atoms with Crippen LogP contribution in [0.15, 0.2) is 29.8 Å². The van der Waals surface area contributed by atoms with Crippen LogP contribution in [0.25, 0.3) is 0 Å². The lowest BCUT2D eigenvalue weighted by Crippen LogP contribution is -2.48. The van der Waals surface area contributed by atoms with Gasteiger partial charge in [-0.25, -0.2) is 4.98 Å². The maximum absolute atomic E-state index is 12.7. The molecular weight excluding hydrogens is 326 g/mol. The second-order valence-electron chi connectivity index (χ2n) is 5.39. The van der Waals surface area contributed by atoms with E-state index in [1.807, 2.05) is 23.4 Å². The first kappa shape index (κ1) is 16.6. The minimum Gasteiger partial charge on any atom is -0.493 e. The minimum absolute atomic E-state index is 0.0233. The number of nitrogens with zero attached hydrogens (tertiary/aromatic N) is 3. The number of piperazine rings is 1. The fourth-order valence-corrected chi connectivity index (χ4v) is 3.43. The van der Waals surface area contributed by atoms with Crippen molar-refractivity contribution < 1.29 is 14.3 Å². The average Bonchev–Trinajstić information content (AvgIpc) is 3.16. The highest BCUT2D eigenvalue weighted by atomic mass is 32.1. The van der Waals surface area contributed by atoms with E-state index in [0.29, 0.717) is 36.8 Å². The molecule has 128 valence electrons. The number of hydrogen-bond acceptors (Lipinski definition) is 6. The molecule has 1 aliphatic heterocycles. The van der Waals surface area contributed by atoms with Gasteiger partial charge in [0.15, 0.2) is 16.6 Å². The fourth-order valence-electron chi connectivity index (χ4n) is 2.73. The number of carbonyl (C=O) groups is 1. The third kappa shape index (κ3) is 3.46.